The number of hydrogen-bond donors (Lipinski definition) is 3. The number of carbonyl (C=O) groups is 1. The molecule has 4 N–H and O–H groups in total. The van der Waals surface area contributed by atoms with Crippen LogP contribution in [0.15, 0.2) is 0 Å². The van der Waals surface area contributed by atoms with Crippen molar-refractivity contribution in [2.75, 3.05) is 20.1 Å². The summed E-state index contributed by atoms with van der Waals surface area (Å²) >= 11 is 0. The summed E-state index contributed by atoms with van der Waals surface area (Å²) in [5.74, 6) is -0.560. The van der Waals surface area contributed by atoms with E-state index in [1.165, 1.54) is 0 Å². The van der Waals surface area contributed by atoms with Crippen molar-refractivity contribution >= 4 is 12.9 Å². The maximum Gasteiger partial charge on any atom is 0.324 e. The second kappa shape index (κ2) is 7.43. The number of aliphatic carboxylic acids is 1. The largest absolute Gasteiger partial charge is 0.480 e. The summed E-state index contributed by atoms with van der Waals surface area (Å²) in [6.45, 7) is 5.15. The third-order valence-electron chi connectivity index (χ3n) is 4.74. The van der Waals surface area contributed by atoms with E-state index in [-0.39, 0.29) is 12.8 Å². The van der Waals surface area contributed by atoms with Gasteiger partial charge in [-0.05, 0) is 45.1 Å². The first-order valence-corrected chi connectivity index (χ1v) is 7.68. The normalized spacial score (nSPS) is 30.5. The molecule has 1 rings (SSSR count). The van der Waals surface area contributed by atoms with Crippen molar-refractivity contribution in [3.8, 4) is 0 Å². The maximum absolute atomic E-state index is 11.6. The average Bonchev–Trinajstić information content (AvgIpc) is 2.38. The third-order valence-corrected chi connectivity index (χ3v) is 4.74. The van der Waals surface area contributed by atoms with Crippen LogP contribution < -0.4 is 5.73 Å². The van der Waals surface area contributed by atoms with Crippen LogP contribution in [0, 0.1) is 11.8 Å². The van der Waals surface area contributed by atoms with E-state index in [1.807, 2.05) is 7.05 Å². The summed E-state index contributed by atoms with van der Waals surface area (Å²) in [5, 5.41) is 18.9. The predicted octanol–water partition coefficient (Wildman–Crippen LogP) is 1.14. The first kappa shape index (κ1) is 17.5. The molecule has 0 aromatic rings. The van der Waals surface area contributed by atoms with E-state index < -0.39 is 11.5 Å². The van der Waals surface area contributed by atoms with Crippen molar-refractivity contribution in [1.29, 1.82) is 0 Å². The summed E-state index contributed by atoms with van der Waals surface area (Å²) in [6, 6.07) is 0. The zero-order valence-electron chi connectivity index (χ0n) is 13.0. The molecule has 0 aliphatic heterocycles. The Balaban J connectivity index is 2.69. The third kappa shape index (κ3) is 4.47. The molecule has 0 spiro atoms. The van der Waals surface area contributed by atoms with Crippen LogP contribution >= 0.6 is 0 Å². The van der Waals surface area contributed by atoms with Crippen molar-refractivity contribution in [2.24, 2.45) is 17.6 Å². The molecule has 0 aromatic carbocycles. The van der Waals surface area contributed by atoms with E-state index in [9.17, 15) is 14.9 Å². The van der Waals surface area contributed by atoms with Crippen LogP contribution in [-0.2, 0) is 4.79 Å². The number of carboxylic acids is 1. The lowest BCUT2D eigenvalue weighted by Gasteiger charge is -2.43. The van der Waals surface area contributed by atoms with Crippen LogP contribution in [0.2, 0.25) is 13.1 Å². The molecule has 1 saturated carbocycles. The summed E-state index contributed by atoms with van der Waals surface area (Å²) in [5.41, 5.74) is 5.14. The van der Waals surface area contributed by atoms with E-state index in [1.54, 1.807) is 6.82 Å². The minimum absolute atomic E-state index is 0.00718. The number of hydrogen-bond acceptors (Lipinski definition) is 4. The molecule has 0 aromatic heterocycles. The Morgan fingerprint density at radius 3 is 2.65 bits per heavy atom. The van der Waals surface area contributed by atoms with E-state index in [4.69, 9.17) is 5.73 Å². The van der Waals surface area contributed by atoms with E-state index in [0.717, 1.165) is 38.7 Å². The Morgan fingerprint density at radius 1 is 1.50 bits per heavy atom. The summed E-state index contributed by atoms with van der Waals surface area (Å²) < 4.78 is 0. The molecule has 0 heterocycles. The first-order chi connectivity index (χ1) is 9.29. The highest BCUT2D eigenvalue weighted by atomic mass is 16.4. The second-order valence-corrected chi connectivity index (χ2v) is 6.47. The van der Waals surface area contributed by atoms with Gasteiger partial charge >= 0.3 is 5.97 Å². The van der Waals surface area contributed by atoms with Crippen molar-refractivity contribution in [2.45, 2.75) is 51.3 Å². The van der Waals surface area contributed by atoms with E-state index >= 15 is 0 Å². The molecule has 0 saturated heterocycles. The molecule has 5 nitrogen and oxygen atoms in total. The standard InChI is InChI=1S/C14H29BN2O3/c1-4-17(3)10-12-6-5-11(7-8-15(2)20)9-14(12,16)13(18)19/h11-12,20H,4-10,16H2,1-3H3,(H,18,19). The number of nitrogens with zero attached hydrogens (tertiary/aromatic N) is 1. The molecule has 116 valence electrons. The monoisotopic (exact) mass is 284 g/mol. The van der Waals surface area contributed by atoms with Crippen LogP contribution in [-0.4, -0.2) is 53.6 Å². The second-order valence-electron chi connectivity index (χ2n) is 6.47. The Labute approximate surface area is 122 Å². The minimum Gasteiger partial charge on any atom is -0.480 e. The maximum atomic E-state index is 11.6. The number of rotatable bonds is 7. The molecule has 3 atom stereocenters. The molecular formula is C14H29BN2O3. The van der Waals surface area contributed by atoms with Gasteiger partial charge in [0.1, 0.15) is 5.54 Å². The molecule has 1 aliphatic rings. The Bertz CT molecular complexity index is 328. The van der Waals surface area contributed by atoms with Gasteiger partial charge in [0.2, 0.25) is 0 Å². The Kier molecular flexibility index (Phi) is 6.49. The van der Waals surface area contributed by atoms with Crippen molar-refractivity contribution in [3.63, 3.8) is 0 Å². The average molecular weight is 284 g/mol. The molecule has 1 aliphatic carbocycles. The molecule has 20 heavy (non-hydrogen) atoms. The van der Waals surface area contributed by atoms with Crippen LogP contribution in [0.3, 0.4) is 0 Å². The first-order valence-electron chi connectivity index (χ1n) is 7.68. The molecule has 1 fully saturated rings. The number of nitrogens with two attached hydrogens (primary N) is 1. The molecule has 0 amide bonds. The highest BCUT2D eigenvalue weighted by molar-refractivity contribution is 6.48. The fourth-order valence-electron chi connectivity index (χ4n) is 3.19. The van der Waals surface area contributed by atoms with Crippen molar-refractivity contribution < 1.29 is 14.9 Å². The SMILES string of the molecule is CCN(C)CC1CCC(CCB(C)O)CC1(N)C(=O)O. The van der Waals surface area contributed by atoms with Crippen LogP contribution in [0.1, 0.15) is 32.6 Å². The van der Waals surface area contributed by atoms with Gasteiger partial charge in [0, 0.05) is 12.5 Å². The van der Waals surface area contributed by atoms with Gasteiger partial charge in [-0.15, -0.1) is 0 Å². The quantitative estimate of drug-likeness (QED) is 0.610. The van der Waals surface area contributed by atoms with E-state index in [2.05, 4.69) is 11.8 Å². The Morgan fingerprint density at radius 2 is 2.15 bits per heavy atom. The summed E-state index contributed by atoms with van der Waals surface area (Å²) in [7, 11) is 2.00. The zero-order chi connectivity index (χ0) is 15.3. The van der Waals surface area contributed by atoms with Crippen LogP contribution in [0.25, 0.3) is 0 Å². The van der Waals surface area contributed by atoms with Crippen molar-refractivity contribution in [1.82, 2.24) is 4.90 Å². The molecular weight excluding hydrogens is 255 g/mol. The molecule has 3 unspecified atom stereocenters. The van der Waals surface area contributed by atoms with Gasteiger partial charge in [-0.25, -0.2) is 0 Å². The lowest BCUT2D eigenvalue weighted by molar-refractivity contribution is -0.148. The molecule has 0 radical (unpaired) electrons. The zero-order valence-corrected chi connectivity index (χ0v) is 13.0. The molecule has 0 bridgehead atoms. The fraction of sp³-hybridized carbons (Fsp3) is 0.929. The topological polar surface area (TPSA) is 86.8 Å². The van der Waals surface area contributed by atoms with Crippen molar-refractivity contribution in [3.05, 3.63) is 0 Å². The smallest absolute Gasteiger partial charge is 0.324 e. The fourth-order valence-corrected chi connectivity index (χ4v) is 3.19. The summed E-state index contributed by atoms with van der Waals surface area (Å²) in [6.07, 6.45) is 3.98. The number of carboxylic acid groups (broad SMARTS) is 1. The Hall–Kier alpha value is -0.585. The van der Waals surface area contributed by atoms with Gasteiger partial charge in [-0.1, -0.05) is 20.2 Å². The lowest BCUT2D eigenvalue weighted by Crippen LogP contribution is -2.59. The summed E-state index contributed by atoms with van der Waals surface area (Å²) in [4.78, 5) is 13.8. The van der Waals surface area contributed by atoms with Gasteiger partial charge in [-0.2, -0.15) is 0 Å². The van der Waals surface area contributed by atoms with Gasteiger partial charge in [-0.3, -0.25) is 4.79 Å². The molecule has 6 heteroatoms. The van der Waals surface area contributed by atoms with E-state index in [0.29, 0.717) is 12.3 Å². The van der Waals surface area contributed by atoms with Crippen LogP contribution in [0.5, 0.6) is 0 Å². The highest BCUT2D eigenvalue weighted by Crippen LogP contribution is 2.38. The van der Waals surface area contributed by atoms with Gasteiger partial charge in [0.25, 0.3) is 6.92 Å². The minimum atomic E-state index is -1.12. The van der Waals surface area contributed by atoms with Gasteiger partial charge < -0.3 is 20.8 Å². The van der Waals surface area contributed by atoms with Gasteiger partial charge in [0.05, 0.1) is 0 Å². The lowest BCUT2D eigenvalue weighted by atomic mass is 9.62. The predicted molar refractivity (Wildman–Crippen MR) is 81.8 cm³/mol. The van der Waals surface area contributed by atoms with Gasteiger partial charge in [0.15, 0.2) is 0 Å². The highest BCUT2D eigenvalue weighted by Gasteiger charge is 2.46. The van der Waals surface area contributed by atoms with Crippen LogP contribution in [0.4, 0.5) is 0 Å².